The highest BCUT2D eigenvalue weighted by Gasteiger charge is 2.34. The van der Waals surface area contributed by atoms with Crippen molar-refractivity contribution < 1.29 is 23.1 Å². The molecule has 0 aliphatic heterocycles. The molecule has 0 bridgehead atoms. The van der Waals surface area contributed by atoms with E-state index in [-0.39, 0.29) is 12.1 Å². The van der Waals surface area contributed by atoms with Crippen molar-refractivity contribution in [3.05, 3.63) is 64.7 Å². The molecule has 0 unspecified atom stereocenters. The van der Waals surface area contributed by atoms with Gasteiger partial charge in [0.05, 0.1) is 28.8 Å². The summed E-state index contributed by atoms with van der Waals surface area (Å²) in [5.74, 6) is -0.808. The summed E-state index contributed by atoms with van der Waals surface area (Å²) in [6, 6.07) is 13.8. The highest BCUT2D eigenvalue weighted by atomic mass is 19.4. The summed E-state index contributed by atoms with van der Waals surface area (Å²) < 4.78 is 38.2. The summed E-state index contributed by atoms with van der Waals surface area (Å²) >= 11 is 0. The molecule has 0 saturated carbocycles. The summed E-state index contributed by atoms with van der Waals surface area (Å²) in [7, 11) is 0. The predicted molar refractivity (Wildman–Crippen MR) is 102 cm³/mol. The van der Waals surface area contributed by atoms with Crippen molar-refractivity contribution in [3.8, 4) is 12.1 Å². The van der Waals surface area contributed by atoms with E-state index in [9.17, 15) is 23.1 Å². The number of nitrogens with one attached hydrogen (secondary N) is 1. The van der Waals surface area contributed by atoms with Gasteiger partial charge in [-0.15, -0.1) is 0 Å². The molecule has 0 heterocycles. The molecule has 0 spiro atoms. The minimum absolute atomic E-state index is 0.112. The molecule has 0 aromatic heterocycles. The van der Waals surface area contributed by atoms with Crippen LogP contribution in [0.15, 0.2) is 42.5 Å². The number of carbonyl (C=O) groups is 1. The van der Waals surface area contributed by atoms with Crippen molar-refractivity contribution in [1.82, 2.24) is 0 Å². The van der Waals surface area contributed by atoms with Gasteiger partial charge in [-0.25, -0.2) is 0 Å². The first-order valence-corrected chi connectivity index (χ1v) is 8.56. The molecule has 0 saturated heterocycles. The van der Waals surface area contributed by atoms with Gasteiger partial charge in [0.15, 0.2) is 0 Å². The van der Waals surface area contributed by atoms with Crippen LogP contribution in [0.1, 0.15) is 42.5 Å². The van der Waals surface area contributed by atoms with Crippen LogP contribution in [0.4, 0.5) is 18.9 Å². The lowest BCUT2D eigenvalue weighted by Crippen LogP contribution is -2.39. The second-order valence-electron chi connectivity index (χ2n) is 6.43. The van der Waals surface area contributed by atoms with Gasteiger partial charge in [-0.1, -0.05) is 24.6 Å². The molecule has 5 nitrogen and oxygen atoms in total. The maximum atomic E-state index is 12.7. The molecule has 2 N–H and O–H groups in total. The van der Waals surface area contributed by atoms with Crippen molar-refractivity contribution in [1.29, 1.82) is 10.5 Å². The molecular weight excluding hydrogens is 383 g/mol. The summed E-state index contributed by atoms with van der Waals surface area (Å²) in [5, 5.41) is 28.9. The number of aliphatic hydroxyl groups is 1. The number of rotatable bonds is 3. The number of aryl methyl sites for hydroxylation is 1. The zero-order chi connectivity index (χ0) is 22.2. The van der Waals surface area contributed by atoms with Gasteiger partial charge in [0, 0.05) is 5.69 Å². The molecular formula is C21H20F3N3O2. The minimum atomic E-state index is -4.70. The number of hydrogen-bond acceptors (Lipinski definition) is 4. The molecule has 2 aromatic rings. The first-order valence-electron chi connectivity index (χ1n) is 8.56. The number of nitriles is 2. The van der Waals surface area contributed by atoms with E-state index in [2.05, 4.69) is 11.4 Å². The second-order valence-corrected chi connectivity index (χ2v) is 6.43. The van der Waals surface area contributed by atoms with Crippen LogP contribution < -0.4 is 5.32 Å². The van der Waals surface area contributed by atoms with E-state index in [0.717, 1.165) is 11.6 Å². The average molecular weight is 403 g/mol. The van der Waals surface area contributed by atoms with Crippen LogP contribution in [-0.2, 0) is 11.0 Å². The van der Waals surface area contributed by atoms with Gasteiger partial charge in [0.2, 0.25) is 0 Å². The highest BCUT2D eigenvalue weighted by molar-refractivity contribution is 5.96. The summed E-state index contributed by atoms with van der Waals surface area (Å²) in [6.45, 7) is 4.83. The largest absolute Gasteiger partial charge is 0.417 e. The first kappa shape index (κ1) is 23.7. The number of carbonyl (C=O) groups excluding carboxylic acids is 1. The van der Waals surface area contributed by atoms with Crippen LogP contribution in [-0.4, -0.2) is 16.6 Å². The maximum Gasteiger partial charge on any atom is 0.417 e. The molecule has 0 aliphatic carbocycles. The number of nitrogens with zero attached hydrogens (tertiary/aromatic N) is 2. The van der Waals surface area contributed by atoms with Crippen LogP contribution in [0.5, 0.6) is 0 Å². The standard InChI is InChI=1S/C13H13F3N2O2.C8H7N/c1-3-12(2,20)11(19)18-9-5-4-8(7-17)10(6-9)13(14,15)16;1-7-2-4-8(6-9)5-3-7/h4-6,20H,3H2,1-2H3,(H,18,19);2-5H,1H3/t12-;/m0./s1. The predicted octanol–water partition coefficient (Wildman–Crippen LogP) is 4.54. The van der Waals surface area contributed by atoms with Gasteiger partial charge in [0.25, 0.3) is 5.91 Å². The first-order chi connectivity index (χ1) is 13.4. The molecule has 1 amide bonds. The van der Waals surface area contributed by atoms with E-state index < -0.39 is 28.8 Å². The van der Waals surface area contributed by atoms with Gasteiger partial charge in [-0.3, -0.25) is 4.79 Å². The Bertz CT molecular complexity index is 938. The van der Waals surface area contributed by atoms with Crippen molar-refractivity contribution in [3.63, 3.8) is 0 Å². The Balaban J connectivity index is 0.000000387. The van der Waals surface area contributed by atoms with Gasteiger partial charge in [0.1, 0.15) is 5.60 Å². The SMILES string of the molecule is CC[C@](C)(O)C(=O)Nc1ccc(C#N)c(C(F)(F)F)c1.Cc1ccc(C#N)cc1. The Morgan fingerprint density at radius 3 is 2.14 bits per heavy atom. The monoisotopic (exact) mass is 403 g/mol. The van der Waals surface area contributed by atoms with E-state index >= 15 is 0 Å². The van der Waals surface area contributed by atoms with Crippen LogP contribution in [0.25, 0.3) is 0 Å². The summed E-state index contributed by atoms with van der Waals surface area (Å²) in [4.78, 5) is 11.7. The molecule has 0 aliphatic rings. The minimum Gasteiger partial charge on any atom is -0.380 e. The van der Waals surface area contributed by atoms with E-state index in [4.69, 9.17) is 10.5 Å². The Morgan fingerprint density at radius 2 is 1.69 bits per heavy atom. The number of halogens is 3. The third-order valence-corrected chi connectivity index (χ3v) is 4.06. The van der Waals surface area contributed by atoms with Crippen molar-refractivity contribution >= 4 is 11.6 Å². The fourth-order valence-electron chi connectivity index (χ4n) is 2.01. The fraction of sp³-hybridized carbons (Fsp3) is 0.286. The highest BCUT2D eigenvalue weighted by Crippen LogP contribution is 2.33. The Hall–Kier alpha value is -3.36. The van der Waals surface area contributed by atoms with E-state index in [1.165, 1.54) is 24.6 Å². The molecule has 29 heavy (non-hydrogen) atoms. The third-order valence-electron chi connectivity index (χ3n) is 4.06. The third kappa shape index (κ3) is 6.95. The van der Waals surface area contributed by atoms with E-state index in [1.54, 1.807) is 6.92 Å². The number of benzene rings is 2. The van der Waals surface area contributed by atoms with Gasteiger partial charge < -0.3 is 10.4 Å². The maximum absolute atomic E-state index is 12.7. The molecule has 0 fully saturated rings. The normalized spacial score (nSPS) is 12.4. The summed E-state index contributed by atoms with van der Waals surface area (Å²) in [5.41, 5.74) is -1.55. The molecule has 0 radical (unpaired) electrons. The number of alkyl halides is 3. The van der Waals surface area contributed by atoms with Gasteiger partial charge >= 0.3 is 6.18 Å². The lowest BCUT2D eigenvalue weighted by atomic mass is 10.0. The Kier molecular flexibility index (Phi) is 7.94. The van der Waals surface area contributed by atoms with Crippen LogP contribution in [0.3, 0.4) is 0 Å². The Morgan fingerprint density at radius 1 is 1.10 bits per heavy atom. The number of hydrogen-bond donors (Lipinski definition) is 2. The average Bonchev–Trinajstić information content (AvgIpc) is 2.68. The summed E-state index contributed by atoms with van der Waals surface area (Å²) in [6.07, 6.45) is -4.58. The van der Waals surface area contributed by atoms with Gasteiger partial charge in [-0.2, -0.15) is 23.7 Å². The fourth-order valence-corrected chi connectivity index (χ4v) is 2.01. The smallest absolute Gasteiger partial charge is 0.380 e. The zero-order valence-corrected chi connectivity index (χ0v) is 16.1. The van der Waals surface area contributed by atoms with Crippen LogP contribution in [0, 0.1) is 29.6 Å². The topological polar surface area (TPSA) is 96.9 Å². The van der Waals surface area contributed by atoms with E-state index in [0.29, 0.717) is 6.07 Å². The van der Waals surface area contributed by atoms with E-state index in [1.807, 2.05) is 31.2 Å². The van der Waals surface area contributed by atoms with Gasteiger partial charge in [-0.05, 0) is 50.6 Å². The number of anilines is 1. The number of amides is 1. The van der Waals surface area contributed by atoms with Crippen LogP contribution >= 0.6 is 0 Å². The lowest BCUT2D eigenvalue weighted by molar-refractivity contribution is -0.138. The van der Waals surface area contributed by atoms with Crippen molar-refractivity contribution in [2.75, 3.05) is 5.32 Å². The molecule has 152 valence electrons. The molecule has 1 atom stereocenters. The second kappa shape index (κ2) is 9.72. The van der Waals surface area contributed by atoms with Crippen molar-refractivity contribution in [2.45, 2.75) is 39.0 Å². The molecule has 2 aromatic carbocycles. The lowest BCUT2D eigenvalue weighted by Gasteiger charge is -2.20. The molecule has 8 heteroatoms. The molecule has 2 rings (SSSR count). The zero-order valence-electron chi connectivity index (χ0n) is 16.1. The quantitative estimate of drug-likeness (QED) is 0.786. The Labute approximate surface area is 167 Å². The van der Waals surface area contributed by atoms with Crippen LogP contribution in [0.2, 0.25) is 0 Å². The van der Waals surface area contributed by atoms with Crippen molar-refractivity contribution in [2.24, 2.45) is 0 Å².